The standard InChI is InChI=1S/C11H9BrN2O2S2/c12-7-1-6(11(15)16)2-8(3-7)17-10-5-14-9(4-13)18-10/h1-3,5H,4,13H2,(H,15,16). The van der Waals surface area contributed by atoms with Gasteiger partial charge in [-0.05, 0) is 18.2 Å². The lowest BCUT2D eigenvalue weighted by molar-refractivity contribution is 0.0696. The number of carboxylic acids is 1. The molecule has 0 aliphatic carbocycles. The Bertz CT molecular complexity index is 586. The fourth-order valence-electron chi connectivity index (χ4n) is 1.30. The number of hydrogen-bond donors (Lipinski definition) is 2. The van der Waals surface area contributed by atoms with E-state index < -0.39 is 5.97 Å². The van der Waals surface area contributed by atoms with Crippen LogP contribution in [0, 0.1) is 0 Å². The lowest BCUT2D eigenvalue weighted by Gasteiger charge is -2.02. The summed E-state index contributed by atoms with van der Waals surface area (Å²) in [5, 5.41) is 9.85. The number of hydrogen-bond acceptors (Lipinski definition) is 5. The van der Waals surface area contributed by atoms with Crippen molar-refractivity contribution in [2.45, 2.75) is 15.6 Å². The molecule has 0 saturated carbocycles. The van der Waals surface area contributed by atoms with Gasteiger partial charge in [-0.3, -0.25) is 0 Å². The predicted molar refractivity (Wildman–Crippen MR) is 75.2 cm³/mol. The van der Waals surface area contributed by atoms with E-state index in [1.165, 1.54) is 23.1 Å². The van der Waals surface area contributed by atoms with Gasteiger partial charge in [0.15, 0.2) is 0 Å². The second kappa shape index (κ2) is 5.83. The molecular weight excluding hydrogens is 336 g/mol. The first kappa shape index (κ1) is 13.5. The Labute approximate surface area is 120 Å². The molecular formula is C11H9BrN2O2S2. The summed E-state index contributed by atoms with van der Waals surface area (Å²) in [5.74, 6) is -0.940. The normalized spacial score (nSPS) is 10.6. The molecule has 0 bridgehead atoms. The van der Waals surface area contributed by atoms with Crippen LogP contribution in [-0.4, -0.2) is 16.1 Å². The molecule has 0 fully saturated rings. The van der Waals surface area contributed by atoms with Gasteiger partial charge in [0.2, 0.25) is 0 Å². The summed E-state index contributed by atoms with van der Waals surface area (Å²) < 4.78 is 1.73. The molecule has 7 heteroatoms. The van der Waals surface area contributed by atoms with E-state index >= 15 is 0 Å². The quantitative estimate of drug-likeness (QED) is 0.890. The van der Waals surface area contributed by atoms with Crippen LogP contribution in [-0.2, 0) is 6.54 Å². The zero-order chi connectivity index (χ0) is 13.1. The van der Waals surface area contributed by atoms with Gasteiger partial charge < -0.3 is 10.8 Å². The molecule has 0 unspecified atom stereocenters. The van der Waals surface area contributed by atoms with Crippen molar-refractivity contribution in [1.29, 1.82) is 0 Å². The molecule has 1 aromatic heterocycles. The van der Waals surface area contributed by atoms with E-state index in [0.717, 1.165) is 18.6 Å². The van der Waals surface area contributed by atoms with Gasteiger partial charge in [-0.25, -0.2) is 9.78 Å². The van der Waals surface area contributed by atoms with Crippen LogP contribution in [0.1, 0.15) is 15.4 Å². The summed E-state index contributed by atoms with van der Waals surface area (Å²) in [7, 11) is 0. The maximum atomic E-state index is 11.0. The Morgan fingerprint density at radius 2 is 2.28 bits per heavy atom. The van der Waals surface area contributed by atoms with E-state index in [4.69, 9.17) is 10.8 Å². The predicted octanol–water partition coefficient (Wildman–Crippen LogP) is 3.21. The molecule has 2 aromatic rings. The Kier molecular flexibility index (Phi) is 4.39. The molecule has 0 saturated heterocycles. The van der Waals surface area contributed by atoms with Crippen LogP contribution >= 0.6 is 39.0 Å². The van der Waals surface area contributed by atoms with Crippen LogP contribution in [0.3, 0.4) is 0 Å². The zero-order valence-corrected chi connectivity index (χ0v) is 12.3. The van der Waals surface area contributed by atoms with Crippen LogP contribution < -0.4 is 5.73 Å². The molecule has 0 aliphatic rings. The van der Waals surface area contributed by atoms with E-state index in [0.29, 0.717) is 6.54 Å². The van der Waals surface area contributed by atoms with Gasteiger partial charge in [-0.15, -0.1) is 11.3 Å². The Balaban J connectivity index is 2.25. The molecule has 4 nitrogen and oxygen atoms in total. The van der Waals surface area contributed by atoms with Gasteiger partial charge in [-0.2, -0.15) is 0 Å². The smallest absolute Gasteiger partial charge is 0.335 e. The third-order valence-corrected chi connectivity index (χ3v) is 4.59. The molecule has 1 aromatic carbocycles. The number of aromatic carboxylic acids is 1. The topological polar surface area (TPSA) is 76.2 Å². The number of nitrogens with zero attached hydrogens (tertiary/aromatic N) is 1. The summed E-state index contributed by atoms with van der Waals surface area (Å²) in [6.45, 7) is 0.421. The van der Waals surface area contributed by atoms with Crippen molar-refractivity contribution in [2.75, 3.05) is 0 Å². The van der Waals surface area contributed by atoms with Gasteiger partial charge in [0.1, 0.15) is 5.01 Å². The fourth-order valence-corrected chi connectivity index (χ4v) is 3.92. The number of carboxylic acid groups (broad SMARTS) is 1. The van der Waals surface area contributed by atoms with Crippen molar-refractivity contribution in [3.8, 4) is 0 Å². The van der Waals surface area contributed by atoms with Gasteiger partial charge in [0.05, 0.1) is 16.0 Å². The highest BCUT2D eigenvalue weighted by Crippen LogP contribution is 2.34. The van der Waals surface area contributed by atoms with Crippen molar-refractivity contribution < 1.29 is 9.90 Å². The highest BCUT2D eigenvalue weighted by Gasteiger charge is 2.08. The minimum atomic E-state index is -0.940. The van der Waals surface area contributed by atoms with E-state index in [1.807, 2.05) is 6.07 Å². The minimum Gasteiger partial charge on any atom is -0.478 e. The largest absolute Gasteiger partial charge is 0.478 e. The van der Waals surface area contributed by atoms with Crippen LogP contribution in [0.4, 0.5) is 0 Å². The minimum absolute atomic E-state index is 0.260. The van der Waals surface area contributed by atoms with Crippen LogP contribution in [0.25, 0.3) is 0 Å². The molecule has 3 N–H and O–H groups in total. The average molecular weight is 345 g/mol. The number of halogens is 1. The SMILES string of the molecule is NCc1ncc(Sc2cc(Br)cc(C(=O)O)c2)s1. The van der Waals surface area contributed by atoms with Gasteiger partial charge in [0, 0.05) is 15.9 Å². The van der Waals surface area contributed by atoms with Crippen LogP contribution in [0.5, 0.6) is 0 Å². The lowest BCUT2D eigenvalue weighted by Crippen LogP contribution is -1.95. The molecule has 1 heterocycles. The number of aromatic nitrogens is 1. The summed E-state index contributed by atoms with van der Waals surface area (Å²) >= 11 is 6.29. The van der Waals surface area contributed by atoms with E-state index in [1.54, 1.807) is 18.3 Å². The first-order chi connectivity index (χ1) is 8.58. The summed E-state index contributed by atoms with van der Waals surface area (Å²) in [6, 6.07) is 5.09. The second-order valence-electron chi connectivity index (χ2n) is 3.36. The fraction of sp³-hybridized carbons (Fsp3) is 0.0909. The van der Waals surface area contributed by atoms with Gasteiger partial charge in [0.25, 0.3) is 0 Å². The van der Waals surface area contributed by atoms with Crippen LogP contribution in [0.2, 0.25) is 0 Å². The maximum Gasteiger partial charge on any atom is 0.335 e. The van der Waals surface area contributed by atoms with Crippen molar-refractivity contribution in [3.05, 3.63) is 39.4 Å². The molecule has 0 atom stereocenters. The zero-order valence-electron chi connectivity index (χ0n) is 9.09. The highest BCUT2D eigenvalue weighted by atomic mass is 79.9. The molecule has 18 heavy (non-hydrogen) atoms. The first-order valence-electron chi connectivity index (χ1n) is 4.95. The van der Waals surface area contributed by atoms with Gasteiger partial charge in [-0.1, -0.05) is 27.7 Å². The summed E-state index contributed by atoms with van der Waals surface area (Å²) in [6.07, 6.45) is 1.75. The highest BCUT2D eigenvalue weighted by molar-refractivity contribution is 9.10. The molecule has 0 spiro atoms. The Morgan fingerprint density at radius 1 is 1.50 bits per heavy atom. The summed E-state index contributed by atoms with van der Waals surface area (Å²) in [4.78, 5) is 16.0. The number of nitrogens with two attached hydrogens (primary N) is 1. The maximum absolute atomic E-state index is 11.0. The first-order valence-corrected chi connectivity index (χ1v) is 7.37. The van der Waals surface area contributed by atoms with E-state index in [-0.39, 0.29) is 5.56 Å². The summed E-state index contributed by atoms with van der Waals surface area (Å²) in [5.41, 5.74) is 5.76. The van der Waals surface area contributed by atoms with Gasteiger partial charge >= 0.3 is 5.97 Å². The lowest BCUT2D eigenvalue weighted by atomic mass is 10.2. The Hall–Kier alpha value is -0.890. The second-order valence-corrected chi connectivity index (χ2v) is 6.76. The van der Waals surface area contributed by atoms with Crippen molar-refractivity contribution in [2.24, 2.45) is 5.73 Å². The molecule has 0 aliphatic heterocycles. The third-order valence-electron chi connectivity index (χ3n) is 2.04. The van der Waals surface area contributed by atoms with E-state index in [9.17, 15) is 4.79 Å². The number of benzene rings is 1. The van der Waals surface area contributed by atoms with Crippen LogP contribution in [0.15, 0.2) is 38.0 Å². The van der Waals surface area contributed by atoms with Crippen molar-refractivity contribution in [3.63, 3.8) is 0 Å². The molecule has 2 rings (SSSR count). The molecule has 0 radical (unpaired) electrons. The number of rotatable bonds is 4. The number of carbonyl (C=O) groups is 1. The monoisotopic (exact) mass is 344 g/mol. The molecule has 94 valence electrons. The van der Waals surface area contributed by atoms with Crippen molar-refractivity contribution >= 4 is 45.0 Å². The third kappa shape index (κ3) is 3.32. The van der Waals surface area contributed by atoms with E-state index in [2.05, 4.69) is 20.9 Å². The van der Waals surface area contributed by atoms with Crippen molar-refractivity contribution in [1.82, 2.24) is 4.98 Å². The molecule has 0 amide bonds. The Morgan fingerprint density at radius 3 is 2.89 bits per heavy atom. The number of thiazole rings is 1. The average Bonchev–Trinajstić information content (AvgIpc) is 2.76.